The molecule has 0 amide bonds. The van der Waals surface area contributed by atoms with Gasteiger partial charge in [-0.05, 0) is 26.5 Å². The maximum absolute atomic E-state index is 12.5. The monoisotopic (exact) mass is 287 g/mol. The normalized spacial score (nSPS) is 13.9. The lowest BCUT2D eigenvalue weighted by Gasteiger charge is -2.30. The molecule has 6 heteroatoms. The molecule has 0 saturated carbocycles. The number of likely N-dealkylation sites (N-methyl/N-ethyl adjacent to an activating group) is 1. The fraction of sp³-hybridized carbons (Fsp3) is 0.500. The molecule has 0 heterocycles. The van der Waals surface area contributed by atoms with E-state index in [0.29, 0.717) is 12.1 Å². The van der Waals surface area contributed by atoms with Crippen molar-refractivity contribution in [2.24, 2.45) is 0 Å². The van der Waals surface area contributed by atoms with Crippen LogP contribution in [0.5, 0.6) is 5.75 Å². The van der Waals surface area contributed by atoms with Crippen LogP contribution in [0.3, 0.4) is 0 Å². The van der Waals surface area contributed by atoms with Crippen LogP contribution in [0.4, 0.5) is 8.78 Å². The van der Waals surface area contributed by atoms with Gasteiger partial charge < -0.3 is 9.47 Å². The van der Waals surface area contributed by atoms with E-state index in [0.717, 1.165) is 0 Å². The minimum absolute atomic E-state index is 0.0426. The molecule has 1 rings (SSSR count). The van der Waals surface area contributed by atoms with Gasteiger partial charge in [0.05, 0.1) is 6.61 Å². The molecule has 0 saturated heterocycles. The van der Waals surface area contributed by atoms with E-state index in [-0.39, 0.29) is 12.4 Å². The summed E-state index contributed by atoms with van der Waals surface area (Å²) in [6, 6.07) is 6.19. The average Bonchev–Trinajstić information content (AvgIpc) is 2.39. The summed E-state index contributed by atoms with van der Waals surface area (Å²) in [4.78, 5) is 12.2. The number of carbonyl (C=O) groups is 1. The molecular weight excluding hydrogens is 268 g/mol. The van der Waals surface area contributed by atoms with E-state index in [9.17, 15) is 13.6 Å². The van der Waals surface area contributed by atoms with Gasteiger partial charge in [0.15, 0.2) is 0 Å². The Labute approximate surface area is 117 Å². The first-order valence-electron chi connectivity index (χ1n) is 6.42. The molecule has 0 spiro atoms. The van der Waals surface area contributed by atoms with E-state index in [1.54, 1.807) is 32.0 Å². The highest BCUT2D eigenvalue weighted by molar-refractivity contribution is 5.83. The van der Waals surface area contributed by atoms with E-state index in [4.69, 9.17) is 4.74 Å². The van der Waals surface area contributed by atoms with Crippen molar-refractivity contribution < 1.29 is 23.0 Å². The molecule has 1 N–H and O–H groups in total. The molecule has 4 nitrogen and oxygen atoms in total. The van der Waals surface area contributed by atoms with Gasteiger partial charge in [-0.3, -0.25) is 5.32 Å². The van der Waals surface area contributed by atoms with Gasteiger partial charge >= 0.3 is 12.6 Å². The molecule has 1 unspecified atom stereocenters. The standard InChI is InChI=1S/C14H19F2NO3/c1-4-17-14(3,12(18)19-5-2)10-8-6-7-9-11(10)20-13(15)16/h6-9,13,17H,4-5H2,1-3H3. The molecule has 1 aromatic rings. The van der Waals surface area contributed by atoms with E-state index in [2.05, 4.69) is 10.1 Å². The van der Waals surface area contributed by atoms with E-state index in [1.807, 2.05) is 6.92 Å². The Kier molecular flexibility index (Phi) is 5.88. The zero-order chi connectivity index (χ0) is 15.2. The molecule has 112 valence electrons. The van der Waals surface area contributed by atoms with Crippen LogP contribution < -0.4 is 10.1 Å². The van der Waals surface area contributed by atoms with Gasteiger partial charge in [-0.2, -0.15) is 8.78 Å². The highest BCUT2D eigenvalue weighted by atomic mass is 19.3. The van der Waals surface area contributed by atoms with E-state index >= 15 is 0 Å². The van der Waals surface area contributed by atoms with Crippen molar-refractivity contribution in [2.45, 2.75) is 32.9 Å². The number of nitrogens with one attached hydrogen (secondary N) is 1. The third kappa shape index (κ3) is 3.66. The number of para-hydroxylation sites is 1. The number of hydrogen-bond donors (Lipinski definition) is 1. The second kappa shape index (κ2) is 7.19. The Balaban J connectivity index is 3.23. The largest absolute Gasteiger partial charge is 0.464 e. The summed E-state index contributed by atoms with van der Waals surface area (Å²) >= 11 is 0. The Morgan fingerprint density at radius 3 is 2.55 bits per heavy atom. The van der Waals surface area contributed by atoms with Crippen LogP contribution in [0.15, 0.2) is 24.3 Å². The van der Waals surface area contributed by atoms with Crippen molar-refractivity contribution in [2.75, 3.05) is 13.2 Å². The third-order valence-corrected chi connectivity index (χ3v) is 2.86. The SMILES string of the molecule is CCNC(C)(C(=O)OCC)c1ccccc1OC(F)F. The fourth-order valence-electron chi connectivity index (χ4n) is 1.98. The van der Waals surface area contributed by atoms with Crippen LogP contribution in [0.1, 0.15) is 26.3 Å². The lowest BCUT2D eigenvalue weighted by atomic mass is 9.91. The van der Waals surface area contributed by atoms with Crippen molar-refractivity contribution in [1.29, 1.82) is 0 Å². The molecular formula is C14H19F2NO3. The van der Waals surface area contributed by atoms with Gasteiger partial charge in [0.1, 0.15) is 11.3 Å². The van der Waals surface area contributed by atoms with E-state index in [1.165, 1.54) is 6.07 Å². The summed E-state index contributed by atoms with van der Waals surface area (Å²) in [5, 5.41) is 2.97. The summed E-state index contributed by atoms with van der Waals surface area (Å²) in [6.07, 6.45) is 0. The number of benzene rings is 1. The summed E-state index contributed by atoms with van der Waals surface area (Å²) in [7, 11) is 0. The first kappa shape index (κ1) is 16.4. The molecule has 0 aliphatic rings. The maximum atomic E-state index is 12.5. The van der Waals surface area contributed by atoms with Crippen LogP contribution in [0, 0.1) is 0 Å². The Hall–Kier alpha value is -1.69. The number of rotatable bonds is 7. The molecule has 0 aliphatic heterocycles. The quantitative estimate of drug-likeness (QED) is 0.783. The first-order valence-corrected chi connectivity index (χ1v) is 6.42. The van der Waals surface area contributed by atoms with Crippen molar-refractivity contribution >= 4 is 5.97 Å². The van der Waals surface area contributed by atoms with Gasteiger partial charge in [-0.1, -0.05) is 25.1 Å². The van der Waals surface area contributed by atoms with Gasteiger partial charge in [0.25, 0.3) is 0 Å². The Morgan fingerprint density at radius 1 is 1.35 bits per heavy atom. The molecule has 1 atom stereocenters. The highest BCUT2D eigenvalue weighted by Crippen LogP contribution is 2.32. The number of hydrogen-bond acceptors (Lipinski definition) is 4. The zero-order valence-electron chi connectivity index (χ0n) is 11.8. The van der Waals surface area contributed by atoms with Gasteiger partial charge in [-0.15, -0.1) is 0 Å². The van der Waals surface area contributed by atoms with Crippen molar-refractivity contribution in [1.82, 2.24) is 5.32 Å². The smallest absolute Gasteiger partial charge is 0.387 e. The maximum Gasteiger partial charge on any atom is 0.387 e. The zero-order valence-corrected chi connectivity index (χ0v) is 11.8. The Morgan fingerprint density at radius 2 is 2.00 bits per heavy atom. The molecule has 20 heavy (non-hydrogen) atoms. The number of ether oxygens (including phenoxy) is 2. The van der Waals surface area contributed by atoms with Crippen molar-refractivity contribution in [3.63, 3.8) is 0 Å². The average molecular weight is 287 g/mol. The number of alkyl halides is 2. The highest BCUT2D eigenvalue weighted by Gasteiger charge is 2.38. The first-order chi connectivity index (χ1) is 9.45. The minimum Gasteiger partial charge on any atom is -0.464 e. The van der Waals surface area contributed by atoms with Crippen molar-refractivity contribution in [3.8, 4) is 5.75 Å². The molecule has 0 fully saturated rings. The van der Waals surface area contributed by atoms with Gasteiger partial charge in [0, 0.05) is 5.56 Å². The summed E-state index contributed by atoms with van der Waals surface area (Å²) in [5.74, 6) is -0.578. The lowest BCUT2D eigenvalue weighted by Crippen LogP contribution is -2.48. The predicted molar refractivity (Wildman–Crippen MR) is 70.7 cm³/mol. The van der Waals surface area contributed by atoms with Crippen LogP contribution in [0.2, 0.25) is 0 Å². The Bertz CT molecular complexity index is 454. The minimum atomic E-state index is -2.95. The molecule has 0 aliphatic carbocycles. The molecule has 0 bridgehead atoms. The van der Waals surface area contributed by atoms with Crippen LogP contribution in [-0.4, -0.2) is 25.7 Å². The third-order valence-electron chi connectivity index (χ3n) is 2.86. The second-order valence-corrected chi connectivity index (χ2v) is 4.25. The lowest BCUT2D eigenvalue weighted by molar-refractivity contribution is -0.151. The van der Waals surface area contributed by atoms with Crippen LogP contribution >= 0.6 is 0 Å². The molecule has 1 aromatic carbocycles. The van der Waals surface area contributed by atoms with Crippen LogP contribution in [0.25, 0.3) is 0 Å². The topological polar surface area (TPSA) is 47.6 Å². The van der Waals surface area contributed by atoms with Crippen molar-refractivity contribution in [3.05, 3.63) is 29.8 Å². The second-order valence-electron chi connectivity index (χ2n) is 4.25. The summed E-state index contributed by atoms with van der Waals surface area (Å²) in [5.41, 5.74) is -0.920. The van der Waals surface area contributed by atoms with E-state index < -0.39 is 18.1 Å². The number of halogens is 2. The van der Waals surface area contributed by atoms with Gasteiger partial charge in [-0.25, -0.2) is 4.79 Å². The summed E-state index contributed by atoms with van der Waals surface area (Å²) in [6.45, 7) is 2.81. The summed E-state index contributed by atoms with van der Waals surface area (Å²) < 4.78 is 34.4. The fourth-order valence-corrected chi connectivity index (χ4v) is 1.98. The van der Waals surface area contributed by atoms with Gasteiger partial charge in [0.2, 0.25) is 0 Å². The molecule has 0 aromatic heterocycles. The number of esters is 1. The predicted octanol–water partition coefficient (Wildman–Crippen LogP) is 2.68. The number of carbonyl (C=O) groups excluding carboxylic acids is 1. The van der Waals surface area contributed by atoms with Crippen LogP contribution in [-0.2, 0) is 15.1 Å². The molecule has 0 radical (unpaired) electrons.